The zero-order chi connectivity index (χ0) is 24.1. The second-order valence-corrected chi connectivity index (χ2v) is 8.97. The molecule has 2 aromatic carbocycles. The summed E-state index contributed by atoms with van der Waals surface area (Å²) in [6.45, 7) is 5.81. The first-order valence-electron chi connectivity index (χ1n) is 11.1. The largest absolute Gasteiger partial charge is 0.508 e. The topological polar surface area (TPSA) is 90.3 Å². The molecule has 1 unspecified atom stereocenters. The van der Waals surface area contributed by atoms with Gasteiger partial charge in [0.2, 0.25) is 0 Å². The van der Waals surface area contributed by atoms with Gasteiger partial charge in [0.1, 0.15) is 17.3 Å². The lowest BCUT2D eigenvalue weighted by atomic mass is 9.95. The number of hydrogen-bond donors (Lipinski definition) is 2. The predicted molar refractivity (Wildman–Crippen MR) is 127 cm³/mol. The van der Waals surface area contributed by atoms with Gasteiger partial charge in [0.25, 0.3) is 11.7 Å². The van der Waals surface area contributed by atoms with Crippen LogP contribution in [0.15, 0.2) is 54.1 Å². The van der Waals surface area contributed by atoms with E-state index in [-0.39, 0.29) is 17.1 Å². The summed E-state index contributed by atoms with van der Waals surface area (Å²) in [5.74, 6) is -0.440. The van der Waals surface area contributed by atoms with Crippen molar-refractivity contribution in [1.82, 2.24) is 9.80 Å². The Bertz CT molecular complexity index is 1010. The van der Waals surface area contributed by atoms with Crippen molar-refractivity contribution >= 4 is 17.4 Å². The molecular formula is C26H32N2O5. The molecule has 2 N–H and O–H groups in total. The summed E-state index contributed by atoms with van der Waals surface area (Å²) in [4.78, 5) is 29.5. The number of aliphatic hydroxyl groups excluding tert-OH is 1. The Hall–Kier alpha value is -3.32. The van der Waals surface area contributed by atoms with Gasteiger partial charge in [-0.3, -0.25) is 9.59 Å². The van der Waals surface area contributed by atoms with E-state index in [4.69, 9.17) is 4.74 Å². The molecule has 33 heavy (non-hydrogen) atoms. The van der Waals surface area contributed by atoms with E-state index in [1.165, 1.54) is 17.0 Å². The van der Waals surface area contributed by atoms with Gasteiger partial charge in [-0.2, -0.15) is 0 Å². The molecule has 1 aliphatic rings. The van der Waals surface area contributed by atoms with Gasteiger partial charge in [0.05, 0.1) is 18.2 Å². The number of carbonyl (C=O) groups is 2. The predicted octanol–water partition coefficient (Wildman–Crippen LogP) is 3.80. The normalized spacial score (nSPS) is 17.9. The van der Waals surface area contributed by atoms with Gasteiger partial charge in [-0.25, -0.2) is 0 Å². The van der Waals surface area contributed by atoms with E-state index in [1.54, 1.807) is 36.4 Å². The summed E-state index contributed by atoms with van der Waals surface area (Å²) in [7, 11) is 3.89. The number of carbonyl (C=O) groups excluding carboxylic acids is 2. The highest BCUT2D eigenvalue weighted by Gasteiger charge is 2.45. The van der Waals surface area contributed by atoms with Crippen molar-refractivity contribution in [2.75, 3.05) is 33.8 Å². The Morgan fingerprint density at radius 1 is 1.06 bits per heavy atom. The fraction of sp³-hybridized carbons (Fsp3) is 0.385. The van der Waals surface area contributed by atoms with Crippen molar-refractivity contribution in [1.29, 1.82) is 0 Å². The Morgan fingerprint density at radius 2 is 1.70 bits per heavy atom. The first-order chi connectivity index (χ1) is 15.7. The molecule has 1 atom stereocenters. The van der Waals surface area contributed by atoms with Crippen LogP contribution in [-0.2, 0) is 9.59 Å². The maximum atomic E-state index is 13.0. The van der Waals surface area contributed by atoms with E-state index in [0.717, 1.165) is 6.54 Å². The van der Waals surface area contributed by atoms with Crippen LogP contribution in [0.4, 0.5) is 0 Å². The van der Waals surface area contributed by atoms with Crippen molar-refractivity contribution in [3.05, 3.63) is 65.2 Å². The fourth-order valence-corrected chi connectivity index (χ4v) is 3.80. The highest BCUT2D eigenvalue weighted by molar-refractivity contribution is 6.46. The van der Waals surface area contributed by atoms with E-state index in [2.05, 4.69) is 13.8 Å². The molecular weight excluding hydrogens is 420 g/mol. The molecule has 1 fully saturated rings. The Balaban J connectivity index is 1.99. The van der Waals surface area contributed by atoms with Gasteiger partial charge in [-0.05, 0) is 74.9 Å². The average molecular weight is 453 g/mol. The summed E-state index contributed by atoms with van der Waals surface area (Å²) in [5.41, 5.74) is 1.13. The molecule has 0 spiro atoms. The average Bonchev–Trinajstić information content (AvgIpc) is 3.03. The number of amides is 1. The first-order valence-corrected chi connectivity index (χ1v) is 11.1. The number of phenols is 1. The second-order valence-electron chi connectivity index (χ2n) is 8.97. The second kappa shape index (κ2) is 10.5. The van der Waals surface area contributed by atoms with E-state index in [9.17, 15) is 19.8 Å². The number of phenolic OH excluding ortho intramolecular Hbond substituents is 1. The van der Waals surface area contributed by atoms with E-state index >= 15 is 0 Å². The smallest absolute Gasteiger partial charge is 0.295 e. The van der Waals surface area contributed by atoms with Gasteiger partial charge in [0, 0.05) is 12.1 Å². The molecule has 0 radical (unpaired) electrons. The SMILES string of the molecule is CC(C)COc1ccc(/C(O)=C2/C(=O)C(=O)N(CCCN(C)C)C2c2ccc(O)cc2)cc1. The maximum absolute atomic E-state index is 13.0. The third-order valence-corrected chi connectivity index (χ3v) is 5.46. The lowest BCUT2D eigenvalue weighted by molar-refractivity contribution is -0.139. The van der Waals surface area contributed by atoms with Crippen molar-refractivity contribution in [2.45, 2.75) is 26.3 Å². The molecule has 3 rings (SSSR count). The van der Waals surface area contributed by atoms with Crippen molar-refractivity contribution in [2.24, 2.45) is 5.92 Å². The summed E-state index contributed by atoms with van der Waals surface area (Å²) < 4.78 is 5.69. The number of hydrogen-bond acceptors (Lipinski definition) is 6. The summed E-state index contributed by atoms with van der Waals surface area (Å²) in [5, 5.41) is 20.8. The highest BCUT2D eigenvalue weighted by Crippen LogP contribution is 2.40. The lowest BCUT2D eigenvalue weighted by Gasteiger charge is -2.26. The summed E-state index contributed by atoms with van der Waals surface area (Å²) in [6.07, 6.45) is 0.677. The molecule has 0 saturated carbocycles. The van der Waals surface area contributed by atoms with Gasteiger partial charge < -0.3 is 24.7 Å². The van der Waals surface area contributed by atoms with Crippen LogP contribution >= 0.6 is 0 Å². The maximum Gasteiger partial charge on any atom is 0.295 e. The number of ketones is 1. The molecule has 0 aromatic heterocycles. The zero-order valence-electron chi connectivity index (χ0n) is 19.6. The van der Waals surface area contributed by atoms with Crippen LogP contribution in [0.25, 0.3) is 5.76 Å². The number of rotatable bonds is 9. The van der Waals surface area contributed by atoms with E-state index in [0.29, 0.717) is 42.4 Å². The van der Waals surface area contributed by atoms with Crippen LogP contribution < -0.4 is 4.74 Å². The number of nitrogens with zero attached hydrogens (tertiary/aromatic N) is 2. The lowest BCUT2D eigenvalue weighted by Crippen LogP contribution is -2.32. The van der Waals surface area contributed by atoms with Gasteiger partial charge in [0.15, 0.2) is 0 Å². The van der Waals surface area contributed by atoms with Gasteiger partial charge >= 0.3 is 0 Å². The number of likely N-dealkylation sites (tertiary alicyclic amines) is 1. The van der Waals surface area contributed by atoms with Crippen LogP contribution in [-0.4, -0.2) is 65.5 Å². The summed E-state index contributed by atoms with van der Waals surface area (Å²) >= 11 is 0. The highest BCUT2D eigenvalue weighted by atomic mass is 16.5. The number of Topliss-reactive ketones (excluding diaryl/α,β-unsaturated/α-hetero) is 1. The minimum atomic E-state index is -0.732. The molecule has 1 heterocycles. The van der Waals surface area contributed by atoms with Crippen molar-refractivity contribution in [3.8, 4) is 11.5 Å². The molecule has 176 valence electrons. The number of ether oxygens (including phenoxy) is 1. The van der Waals surface area contributed by atoms with Crippen LogP contribution in [0.5, 0.6) is 11.5 Å². The standard InChI is InChI=1S/C26H32N2O5/c1-17(2)16-33-21-12-8-19(9-13-21)24(30)22-23(18-6-10-20(29)11-7-18)28(26(32)25(22)31)15-5-14-27(3)4/h6-13,17,23,29-30H,5,14-16H2,1-4H3/b24-22-. The fourth-order valence-electron chi connectivity index (χ4n) is 3.80. The number of aliphatic hydroxyl groups is 1. The molecule has 1 saturated heterocycles. The Kier molecular flexibility index (Phi) is 7.76. The molecule has 2 aromatic rings. The van der Waals surface area contributed by atoms with Crippen LogP contribution in [0.1, 0.15) is 37.4 Å². The minimum absolute atomic E-state index is 0.0476. The Labute approximate surface area is 194 Å². The van der Waals surface area contributed by atoms with Crippen molar-refractivity contribution in [3.63, 3.8) is 0 Å². The Morgan fingerprint density at radius 3 is 2.27 bits per heavy atom. The zero-order valence-corrected chi connectivity index (χ0v) is 19.6. The molecule has 1 amide bonds. The third kappa shape index (κ3) is 5.73. The molecule has 7 heteroatoms. The van der Waals surface area contributed by atoms with Crippen LogP contribution in [0, 0.1) is 5.92 Å². The van der Waals surface area contributed by atoms with Crippen LogP contribution in [0.2, 0.25) is 0 Å². The van der Waals surface area contributed by atoms with Gasteiger partial charge in [-0.1, -0.05) is 26.0 Å². The minimum Gasteiger partial charge on any atom is -0.508 e. The van der Waals surface area contributed by atoms with Crippen LogP contribution in [0.3, 0.4) is 0 Å². The van der Waals surface area contributed by atoms with Gasteiger partial charge in [-0.15, -0.1) is 0 Å². The molecule has 0 bridgehead atoms. The quantitative estimate of drug-likeness (QED) is 0.342. The third-order valence-electron chi connectivity index (χ3n) is 5.46. The first kappa shape index (κ1) is 24.3. The molecule has 0 aliphatic carbocycles. The summed E-state index contributed by atoms with van der Waals surface area (Å²) in [6, 6.07) is 12.5. The monoisotopic (exact) mass is 452 g/mol. The van der Waals surface area contributed by atoms with E-state index in [1.807, 2.05) is 19.0 Å². The van der Waals surface area contributed by atoms with E-state index < -0.39 is 17.7 Å². The number of benzene rings is 2. The molecule has 1 aliphatic heterocycles. The molecule has 7 nitrogen and oxygen atoms in total. The van der Waals surface area contributed by atoms with Crippen molar-refractivity contribution < 1.29 is 24.5 Å². The number of aromatic hydroxyl groups is 1.